The van der Waals surface area contributed by atoms with E-state index in [-0.39, 0.29) is 5.91 Å². The van der Waals surface area contributed by atoms with Gasteiger partial charge in [-0.05, 0) is 19.9 Å². The first kappa shape index (κ1) is 15.2. The van der Waals surface area contributed by atoms with Crippen LogP contribution < -0.4 is 5.73 Å². The van der Waals surface area contributed by atoms with Crippen molar-refractivity contribution in [2.75, 3.05) is 13.6 Å². The number of amides is 1. The summed E-state index contributed by atoms with van der Waals surface area (Å²) in [6, 6.07) is 0. The molecule has 2 aromatic heterocycles. The van der Waals surface area contributed by atoms with Crippen molar-refractivity contribution in [2.24, 2.45) is 12.8 Å². The van der Waals surface area contributed by atoms with E-state index in [0.717, 1.165) is 24.5 Å². The van der Waals surface area contributed by atoms with Crippen LogP contribution in [0.5, 0.6) is 0 Å². The van der Waals surface area contributed by atoms with E-state index in [1.807, 2.05) is 29.4 Å². The quantitative estimate of drug-likeness (QED) is 0.842. The standard InChI is InChI=1S/C14H22N6O/c1-11-12(9-17-20(11)7-4-5-15)14(21)19(3)10-13-16-6-8-18(13)2/h6,8-9H,4-5,7,10,15H2,1-3H3. The van der Waals surface area contributed by atoms with Crippen molar-refractivity contribution in [3.63, 3.8) is 0 Å². The van der Waals surface area contributed by atoms with Crippen LogP contribution in [-0.2, 0) is 20.1 Å². The number of hydrogen-bond acceptors (Lipinski definition) is 4. The van der Waals surface area contributed by atoms with Crippen molar-refractivity contribution in [2.45, 2.75) is 26.4 Å². The minimum absolute atomic E-state index is 0.0468. The topological polar surface area (TPSA) is 82.0 Å². The van der Waals surface area contributed by atoms with Gasteiger partial charge in [0.15, 0.2) is 0 Å². The van der Waals surface area contributed by atoms with Crippen LogP contribution in [0.25, 0.3) is 0 Å². The van der Waals surface area contributed by atoms with Crippen molar-refractivity contribution >= 4 is 5.91 Å². The molecule has 2 N–H and O–H groups in total. The zero-order chi connectivity index (χ0) is 15.4. The molecular weight excluding hydrogens is 268 g/mol. The van der Waals surface area contributed by atoms with Gasteiger partial charge in [-0.1, -0.05) is 0 Å². The number of hydrogen-bond donors (Lipinski definition) is 1. The van der Waals surface area contributed by atoms with Gasteiger partial charge in [0.2, 0.25) is 0 Å². The molecule has 0 fully saturated rings. The van der Waals surface area contributed by atoms with Crippen molar-refractivity contribution in [3.05, 3.63) is 35.7 Å². The molecular formula is C14H22N6O. The molecule has 0 saturated heterocycles. The highest BCUT2D eigenvalue weighted by molar-refractivity contribution is 5.94. The highest BCUT2D eigenvalue weighted by Gasteiger charge is 2.19. The smallest absolute Gasteiger partial charge is 0.257 e. The van der Waals surface area contributed by atoms with Gasteiger partial charge in [0.1, 0.15) is 5.82 Å². The number of nitrogens with zero attached hydrogens (tertiary/aromatic N) is 5. The average Bonchev–Trinajstić information content (AvgIpc) is 3.03. The molecule has 7 heteroatoms. The highest BCUT2D eigenvalue weighted by atomic mass is 16.2. The maximum absolute atomic E-state index is 12.5. The minimum atomic E-state index is -0.0468. The van der Waals surface area contributed by atoms with Crippen LogP contribution in [0.1, 0.15) is 28.3 Å². The first-order valence-electron chi connectivity index (χ1n) is 6.98. The largest absolute Gasteiger partial charge is 0.337 e. The van der Waals surface area contributed by atoms with Crippen molar-refractivity contribution < 1.29 is 4.79 Å². The Balaban J connectivity index is 2.09. The number of carbonyl (C=O) groups excluding carboxylic acids is 1. The number of imidazole rings is 1. The fourth-order valence-corrected chi connectivity index (χ4v) is 2.16. The molecule has 0 aliphatic carbocycles. The van der Waals surface area contributed by atoms with Gasteiger partial charge >= 0.3 is 0 Å². The zero-order valence-corrected chi connectivity index (χ0v) is 12.8. The summed E-state index contributed by atoms with van der Waals surface area (Å²) in [7, 11) is 3.68. The molecule has 0 unspecified atom stereocenters. The summed E-state index contributed by atoms with van der Waals surface area (Å²) >= 11 is 0. The van der Waals surface area contributed by atoms with Crippen LogP contribution in [0.15, 0.2) is 18.6 Å². The summed E-state index contributed by atoms with van der Waals surface area (Å²) in [4.78, 5) is 18.4. The lowest BCUT2D eigenvalue weighted by atomic mass is 10.2. The van der Waals surface area contributed by atoms with Gasteiger partial charge in [-0.2, -0.15) is 5.10 Å². The molecule has 114 valence electrons. The second-order valence-electron chi connectivity index (χ2n) is 5.12. The molecule has 21 heavy (non-hydrogen) atoms. The minimum Gasteiger partial charge on any atom is -0.337 e. The van der Waals surface area contributed by atoms with E-state index in [1.165, 1.54) is 0 Å². The fourth-order valence-electron chi connectivity index (χ4n) is 2.16. The summed E-state index contributed by atoms with van der Waals surface area (Å²) in [6.45, 7) is 3.72. The van der Waals surface area contributed by atoms with Crippen LogP contribution in [0.4, 0.5) is 0 Å². The molecule has 0 aromatic carbocycles. The normalized spacial score (nSPS) is 10.9. The SMILES string of the molecule is Cc1c(C(=O)N(C)Cc2nccn2C)cnn1CCCN. The maximum Gasteiger partial charge on any atom is 0.257 e. The Hall–Kier alpha value is -2.15. The molecule has 0 atom stereocenters. The fraction of sp³-hybridized carbons (Fsp3) is 0.500. The van der Waals surface area contributed by atoms with E-state index < -0.39 is 0 Å². The van der Waals surface area contributed by atoms with Crippen LogP contribution in [0, 0.1) is 6.92 Å². The van der Waals surface area contributed by atoms with Gasteiger partial charge in [0.05, 0.1) is 18.3 Å². The third-order valence-corrected chi connectivity index (χ3v) is 3.55. The molecule has 2 heterocycles. The van der Waals surface area contributed by atoms with Crippen LogP contribution in [0.3, 0.4) is 0 Å². The van der Waals surface area contributed by atoms with E-state index in [0.29, 0.717) is 18.7 Å². The predicted octanol–water partition coefficient (Wildman–Crippen LogP) is 0.546. The van der Waals surface area contributed by atoms with Crippen LogP contribution in [-0.4, -0.2) is 43.7 Å². The molecule has 0 radical (unpaired) electrons. The lowest BCUT2D eigenvalue weighted by Crippen LogP contribution is -2.28. The number of aromatic nitrogens is 4. The Morgan fingerprint density at radius 3 is 2.86 bits per heavy atom. The summed E-state index contributed by atoms with van der Waals surface area (Å²) in [5.74, 6) is 0.800. The lowest BCUT2D eigenvalue weighted by Gasteiger charge is -2.16. The Bertz CT molecular complexity index is 615. The third-order valence-electron chi connectivity index (χ3n) is 3.55. The lowest BCUT2D eigenvalue weighted by molar-refractivity contribution is 0.0779. The Kier molecular flexibility index (Phi) is 4.74. The second kappa shape index (κ2) is 6.53. The van der Waals surface area contributed by atoms with Gasteiger partial charge < -0.3 is 15.2 Å². The first-order valence-corrected chi connectivity index (χ1v) is 6.98. The number of aryl methyl sites for hydroxylation is 2. The van der Waals surface area contributed by atoms with E-state index in [9.17, 15) is 4.79 Å². The predicted molar refractivity (Wildman–Crippen MR) is 79.6 cm³/mol. The molecule has 2 rings (SSSR count). The first-order chi connectivity index (χ1) is 10.0. The highest BCUT2D eigenvalue weighted by Crippen LogP contribution is 2.12. The third kappa shape index (κ3) is 3.30. The van der Waals surface area contributed by atoms with Crippen LogP contribution in [0.2, 0.25) is 0 Å². The van der Waals surface area contributed by atoms with Gasteiger partial charge in [-0.25, -0.2) is 4.98 Å². The van der Waals surface area contributed by atoms with E-state index in [2.05, 4.69) is 10.1 Å². The number of rotatable bonds is 6. The summed E-state index contributed by atoms with van der Waals surface area (Å²) in [5.41, 5.74) is 7.01. The zero-order valence-electron chi connectivity index (χ0n) is 12.8. The maximum atomic E-state index is 12.5. The summed E-state index contributed by atoms with van der Waals surface area (Å²) in [6.07, 6.45) is 6.07. The molecule has 0 saturated carbocycles. The number of carbonyl (C=O) groups is 1. The van der Waals surface area contributed by atoms with Crippen molar-refractivity contribution in [3.8, 4) is 0 Å². The van der Waals surface area contributed by atoms with Gasteiger partial charge in [-0.3, -0.25) is 9.48 Å². The Morgan fingerprint density at radius 1 is 1.48 bits per heavy atom. The second-order valence-corrected chi connectivity index (χ2v) is 5.12. The average molecular weight is 290 g/mol. The van der Waals surface area contributed by atoms with Gasteiger partial charge in [0.25, 0.3) is 5.91 Å². The van der Waals surface area contributed by atoms with Gasteiger partial charge in [-0.15, -0.1) is 0 Å². The molecule has 0 spiro atoms. The molecule has 0 aliphatic heterocycles. The molecule has 2 aromatic rings. The summed E-state index contributed by atoms with van der Waals surface area (Å²) < 4.78 is 3.73. The van der Waals surface area contributed by atoms with E-state index in [4.69, 9.17) is 5.73 Å². The van der Waals surface area contributed by atoms with Crippen molar-refractivity contribution in [1.29, 1.82) is 0 Å². The molecule has 1 amide bonds. The Labute approximate surface area is 124 Å². The Morgan fingerprint density at radius 2 is 2.24 bits per heavy atom. The van der Waals surface area contributed by atoms with E-state index in [1.54, 1.807) is 24.3 Å². The number of nitrogens with two attached hydrogens (primary N) is 1. The molecule has 7 nitrogen and oxygen atoms in total. The molecule has 0 bridgehead atoms. The van der Waals surface area contributed by atoms with Gasteiger partial charge in [0, 0.05) is 38.7 Å². The molecule has 0 aliphatic rings. The van der Waals surface area contributed by atoms with E-state index >= 15 is 0 Å². The van der Waals surface area contributed by atoms with Crippen molar-refractivity contribution in [1.82, 2.24) is 24.2 Å². The summed E-state index contributed by atoms with van der Waals surface area (Å²) in [5, 5.41) is 4.26. The monoisotopic (exact) mass is 290 g/mol. The van der Waals surface area contributed by atoms with Crippen LogP contribution >= 0.6 is 0 Å².